The van der Waals surface area contributed by atoms with Crippen LogP contribution < -0.4 is 5.46 Å². The van der Waals surface area contributed by atoms with Crippen LogP contribution in [0.5, 0.6) is 0 Å². The van der Waals surface area contributed by atoms with E-state index >= 15 is 0 Å². The molecule has 0 saturated carbocycles. The number of aromatic amines is 1. The molecular formula is C15H17BN2O2. The van der Waals surface area contributed by atoms with E-state index in [1.165, 1.54) is 0 Å². The van der Waals surface area contributed by atoms with Gasteiger partial charge in [-0.3, -0.25) is 0 Å². The van der Waals surface area contributed by atoms with Crippen molar-refractivity contribution < 1.29 is 9.31 Å². The number of rotatable bonds is 1. The van der Waals surface area contributed by atoms with Gasteiger partial charge < -0.3 is 14.3 Å². The fourth-order valence-electron chi connectivity index (χ4n) is 2.25. The maximum absolute atomic E-state index is 6.03. The Labute approximate surface area is 119 Å². The quantitative estimate of drug-likeness (QED) is 0.634. The minimum atomic E-state index is -0.419. The molecule has 0 aliphatic carbocycles. The maximum Gasteiger partial charge on any atom is 0.496 e. The van der Waals surface area contributed by atoms with Crippen LogP contribution in [0.3, 0.4) is 0 Å². The molecule has 3 heterocycles. The summed E-state index contributed by atoms with van der Waals surface area (Å²) in [6, 6.07) is 1.98. The first-order valence-corrected chi connectivity index (χ1v) is 6.63. The normalized spacial score (nSPS) is 20.2. The molecule has 0 spiro atoms. The van der Waals surface area contributed by atoms with E-state index in [-0.39, 0.29) is 11.2 Å². The number of hydrogen-bond donors (Lipinski definition) is 1. The highest BCUT2D eigenvalue weighted by atomic mass is 16.7. The zero-order chi connectivity index (χ0) is 14.5. The molecule has 2 aromatic rings. The number of pyridine rings is 1. The van der Waals surface area contributed by atoms with E-state index in [9.17, 15) is 0 Å². The molecule has 0 aromatic carbocycles. The van der Waals surface area contributed by atoms with Crippen LogP contribution in [-0.2, 0) is 9.31 Å². The number of terminal acetylenes is 1. The van der Waals surface area contributed by atoms with Gasteiger partial charge in [-0.1, -0.05) is 5.92 Å². The van der Waals surface area contributed by atoms with Crippen molar-refractivity contribution in [3.05, 3.63) is 24.0 Å². The van der Waals surface area contributed by atoms with Gasteiger partial charge in [0, 0.05) is 23.2 Å². The Morgan fingerprint density at radius 3 is 2.50 bits per heavy atom. The summed E-state index contributed by atoms with van der Waals surface area (Å²) in [5.74, 6) is 2.65. The predicted octanol–water partition coefficient (Wildman–Crippen LogP) is 1.84. The van der Waals surface area contributed by atoms with Crippen molar-refractivity contribution in [3.63, 3.8) is 0 Å². The van der Waals surface area contributed by atoms with E-state index < -0.39 is 7.12 Å². The van der Waals surface area contributed by atoms with E-state index in [1.807, 2.05) is 33.8 Å². The smallest absolute Gasteiger partial charge is 0.399 e. The molecule has 2 aromatic heterocycles. The molecule has 0 bridgehead atoms. The lowest BCUT2D eigenvalue weighted by molar-refractivity contribution is 0.00578. The first-order valence-electron chi connectivity index (χ1n) is 6.63. The Balaban J connectivity index is 2.02. The summed E-state index contributed by atoms with van der Waals surface area (Å²) in [5.41, 5.74) is 1.73. The zero-order valence-electron chi connectivity index (χ0n) is 12.2. The highest BCUT2D eigenvalue weighted by Crippen LogP contribution is 2.36. The molecule has 1 aliphatic rings. The standard InChI is InChI=1S/C15H17BN2O2/c1-6-10-8-17-13-12(10)7-11(9-18-13)16-19-14(2,3)15(4,5)20-16/h1,7-9H,2-5H3,(H,17,18). The summed E-state index contributed by atoms with van der Waals surface area (Å²) >= 11 is 0. The van der Waals surface area contributed by atoms with E-state index in [4.69, 9.17) is 15.7 Å². The van der Waals surface area contributed by atoms with Gasteiger partial charge in [-0.15, -0.1) is 6.42 Å². The van der Waals surface area contributed by atoms with Crippen LogP contribution in [0.2, 0.25) is 0 Å². The van der Waals surface area contributed by atoms with Crippen LogP contribution in [0, 0.1) is 12.3 Å². The highest BCUT2D eigenvalue weighted by Gasteiger charge is 2.51. The third-order valence-electron chi connectivity index (χ3n) is 4.23. The molecule has 5 heteroatoms. The molecule has 0 unspecified atom stereocenters. The number of nitrogens with one attached hydrogen (secondary N) is 1. The van der Waals surface area contributed by atoms with Gasteiger partial charge in [0.2, 0.25) is 0 Å². The van der Waals surface area contributed by atoms with Crippen molar-refractivity contribution in [1.29, 1.82) is 0 Å². The SMILES string of the molecule is C#Cc1c[nH]c2ncc(B3OC(C)(C)C(C)(C)O3)cc12. The summed E-state index contributed by atoms with van der Waals surface area (Å²) in [6.07, 6.45) is 9.04. The molecule has 0 radical (unpaired) electrons. The second-order valence-corrected chi connectivity index (χ2v) is 6.10. The first-order chi connectivity index (χ1) is 9.34. The maximum atomic E-state index is 6.03. The molecule has 1 aliphatic heterocycles. The Hall–Kier alpha value is -1.77. The van der Waals surface area contributed by atoms with Crippen LogP contribution in [0.25, 0.3) is 11.0 Å². The van der Waals surface area contributed by atoms with E-state index in [0.717, 1.165) is 22.1 Å². The molecule has 1 fully saturated rings. The van der Waals surface area contributed by atoms with Crippen molar-refractivity contribution in [2.45, 2.75) is 38.9 Å². The minimum Gasteiger partial charge on any atom is -0.399 e. The van der Waals surface area contributed by atoms with Gasteiger partial charge in [-0.25, -0.2) is 4.98 Å². The number of H-pyrrole nitrogens is 1. The van der Waals surface area contributed by atoms with Gasteiger partial charge in [0.1, 0.15) is 5.65 Å². The fourth-order valence-corrected chi connectivity index (χ4v) is 2.25. The lowest BCUT2D eigenvalue weighted by Gasteiger charge is -2.32. The highest BCUT2D eigenvalue weighted by molar-refractivity contribution is 6.62. The third-order valence-corrected chi connectivity index (χ3v) is 4.23. The molecule has 4 nitrogen and oxygen atoms in total. The largest absolute Gasteiger partial charge is 0.496 e. The lowest BCUT2D eigenvalue weighted by atomic mass is 9.80. The zero-order valence-corrected chi connectivity index (χ0v) is 12.2. The van der Waals surface area contributed by atoms with Crippen molar-refractivity contribution in [1.82, 2.24) is 9.97 Å². The Morgan fingerprint density at radius 2 is 1.90 bits per heavy atom. The Morgan fingerprint density at radius 1 is 1.25 bits per heavy atom. The topological polar surface area (TPSA) is 47.1 Å². The molecule has 1 saturated heterocycles. The van der Waals surface area contributed by atoms with Crippen LogP contribution in [0.15, 0.2) is 18.5 Å². The Bertz CT molecular complexity index is 696. The summed E-state index contributed by atoms with van der Waals surface area (Å²) in [7, 11) is -0.419. The van der Waals surface area contributed by atoms with Crippen molar-refractivity contribution >= 4 is 23.6 Å². The van der Waals surface area contributed by atoms with Gasteiger partial charge >= 0.3 is 7.12 Å². The number of nitrogens with zero attached hydrogens (tertiary/aromatic N) is 1. The molecule has 20 heavy (non-hydrogen) atoms. The molecule has 0 amide bonds. The second kappa shape index (κ2) is 4.11. The second-order valence-electron chi connectivity index (χ2n) is 6.10. The van der Waals surface area contributed by atoms with Crippen LogP contribution >= 0.6 is 0 Å². The van der Waals surface area contributed by atoms with Crippen molar-refractivity contribution in [2.75, 3.05) is 0 Å². The first kappa shape index (κ1) is 13.2. The van der Waals surface area contributed by atoms with Gasteiger partial charge in [0.05, 0.1) is 16.8 Å². The van der Waals surface area contributed by atoms with Crippen molar-refractivity contribution in [3.8, 4) is 12.3 Å². The molecule has 102 valence electrons. The van der Waals surface area contributed by atoms with Crippen molar-refractivity contribution in [2.24, 2.45) is 0 Å². The minimum absolute atomic E-state index is 0.361. The average molecular weight is 268 g/mol. The van der Waals surface area contributed by atoms with E-state index in [2.05, 4.69) is 15.9 Å². The Kier molecular flexibility index (Phi) is 2.72. The van der Waals surface area contributed by atoms with Gasteiger partial charge in [0.15, 0.2) is 0 Å². The van der Waals surface area contributed by atoms with Crippen LogP contribution in [-0.4, -0.2) is 28.3 Å². The van der Waals surface area contributed by atoms with E-state index in [1.54, 1.807) is 12.4 Å². The number of aromatic nitrogens is 2. The van der Waals surface area contributed by atoms with Crippen LogP contribution in [0.4, 0.5) is 0 Å². The summed E-state index contributed by atoms with van der Waals surface area (Å²) < 4.78 is 12.1. The lowest BCUT2D eigenvalue weighted by Crippen LogP contribution is -2.41. The summed E-state index contributed by atoms with van der Waals surface area (Å²) in [6.45, 7) is 8.12. The molecular weight excluding hydrogens is 251 g/mol. The number of hydrogen-bond acceptors (Lipinski definition) is 3. The average Bonchev–Trinajstić information content (AvgIpc) is 2.87. The van der Waals surface area contributed by atoms with E-state index in [0.29, 0.717) is 0 Å². The third kappa shape index (κ3) is 1.84. The summed E-state index contributed by atoms with van der Waals surface area (Å²) in [4.78, 5) is 7.43. The summed E-state index contributed by atoms with van der Waals surface area (Å²) in [5, 5.41) is 0.916. The fraction of sp³-hybridized carbons (Fsp3) is 0.400. The predicted molar refractivity (Wildman–Crippen MR) is 79.7 cm³/mol. The van der Waals surface area contributed by atoms with Crippen LogP contribution in [0.1, 0.15) is 33.3 Å². The van der Waals surface area contributed by atoms with Gasteiger partial charge in [0.25, 0.3) is 0 Å². The van der Waals surface area contributed by atoms with Gasteiger partial charge in [-0.2, -0.15) is 0 Å². The number of fused-ring (bicyclic) bond motifs is 1. The molecule has 1 N–H and O–H groups in total. The molecule has 0 atom stereocenters. The van der Waals surface area contributed by atoms with Gasteiger partial charge in [-0.05, 0) is 33.8 Å². The molecule has 3 rings (SSSR count). The monoisotopic (exact) mass is 268 g/mol.